The molecule has 0 spiro atoms. The number of thioether (sulfide) groups is 1. The second kappa shape index (κ2) is 9.67. The first-order chi connectivity index (χ1) is 14.3. The number of rotatable bonds is 6. The number of hydrogen-bond acceptors (Lipinski definition) is 6. The molecule has 1 heterocycles. The zero-order chi connectivity index (χ0) is 21.7. The molecule has 1 atom stereocenters. The summed E-state index contributed by atoms with van der Waals surface area (Å²) in [5, 5.41) is 8.20. The Kier molecular flexibility index (Phi) is 6.99. The predicted octanol–water partition coefficient (Wildman–Crippen LogP) is 3.76. The summed E-state index contributed by atoms with van der Waals surface area (Å²) in [5.41, 5.74) is 3.07. The van der Waals surface area contributed by atoms with Crippen molar-refractivity contribution in [3.05, 3.63) is 59.2 Å². The highest BCUT2D eigenvalue weighted by atomic mass is 32.2. The van der Waals surface area contributed by atoms with Gasteiger partial charge in [0.1, 0.15) is 30.1 Å². The molecule has 8 heteroatoms. The minimum Gasteiger partial charge on any atom is -0.490 e. The fraction of sp³-hybridized carbons (Fsp3) is 0.318. The largest absolute Gasteiger partial charge is 0.490 e. The van der Waals surface area contributed by atoms with Gasteiger partial charge in [-0.2, -0.15) is 0 Å². The van der Waals surface area contributed by atoms with E-state index in [2.05, 4.69) is 16.5 Å². The molecule has 2 aromatic rings. The van der Waals surface area contributed by atoms with E-state index in [1.165, 1.54) is 36.2 Å². The summed E-state index contributed by atoms with van der Waals surface area (Å²) in [6, 6.07) is 13.5. The molecule has 1 N–H and O–H groups in total. The van der Waals surface area contributed by atoms with Crippen molar-refractivity contribution in [2.75, 3.05) is 13.2 Å². The fourth-order valence-electron chi connectivity index (χ4n) is 3.05. The Bertz CT molecular complexity index is 977. The van der Waals surface area contributed by atoms with Crippen LogP contribution < -0.4 is 14.8 Å². The summed E-state index contributed by atoms with van der Waals surface area (Å²) >= 11 is 1.29. The van der Waals surface area contributed by atoms with E-state index in [4.69, 9.17) is 9.47 Å². The zero-order valence-electron chi connectivity index (χ0n) is 17.5. The van der Waals surface area contributed by atoms with Crippen molar-refractivity contribution in [3.63, 3.8) is 0 Å². The summed E-state index contributed by atoms with van der Waals surface area (Å²) in [4.78, 5) is 23.5. The number of nitrogens with one attached hydrogen (secondary N) is 1. The number of amidine groups is 1. The second-order valence-corrected chi connectivity index (χ2v) is 7.99. The summed E-state index contributed by atoms with van der Waals surface area (Å²) in [7, 11) is 0. The Balaban J connectivity index is 1.67. The van der Waals surface area contributed by atoms with Crippen LogP contribution in [0.4, 0.5) is 0 Å². The lowest BCUT2D eigenvalue weighted by molar-refractivity contribution is -0.129. The number of benzene rings is 2. The molecule has 1 aliphatic heterocycles. The van der Waals surface area contributed by atoms with Crippen LogP contribution in [-0.2, 0) is 9.59 Å². The van der Waals surface area contributed by atoms with Gasteiger partial charge in [0.2, 0.25) is 11.8 Å². The third-order valence-electron chi connectivity index (χ3n) is 4.36. The molecule has 0 fully saturated rings. The first-order valence-corrected chi connectivity index (χ1v) is 10.5. The summed E-state index contributed by atoms with van der Waals surface area (Å²) in [5.74, 6) is 1.02. The molecule has 7 nitrogen and oxygen atoms in total. The SMILES string of the molecule is CC(=O)NC1=NN(C(C)=O)C(c2ccccc2OCCOc2ccc(C)cc2C)S1. The number of hydrazone groups is 1. The van der Waals surface area contributed by atoms with Crippen molar-refractivity contribution in [2.45, 2.75) is 33.1 Å². The lowest BCUT2D eigenvalue weighted by Gasteiger charge is -2.22. The van der Waals surface area contributed by atoms with Crippen LogP contribution >= 0.6 is 11.8 Å². The third kappa shape index (κ3) is 5.33. The molecule has 2 amide bonds. The molecule has 0 radical (unpaired) electrons. The predicted molar refractivity (Wildman–Crippen MR) is 117 cm³/mol. The number of para-hydroxylation sites is 1. The van der Waals surface area contributed by atoms with E-state index in [-0.39, 0.29) is 11.8 Å². The maximum atomic E-state index is 12.1. The molecule has 0 bridgehead atoms. The Morgan fingerprint density at radius 1 is 1.07 bits per heavy atom. The molecule has 0 aliphatic carbocycles. The first kappa shape index (κ1) is 21.7. The van der Waals surface area contributed by atoms with Crippen molar-refractivity contribution in [2.24, 2.45) is 5.10 Å². The highest BCUT2D eigenvalue weighted by Crippen LogP contribution is 2.42. The molecule has 0 saturated carbocycles. The minimum absolute atomic E-state index is 0.221. The molecule has 0 aromatic heterocycles. The number of aryl methyl sites for hydroxylation is 2. The minimum atomic E-state index is -0.416. The third-order valence-corrected chi connectivity index (χ3v) is 5.45. The molecule has 158 valence electrons. The van der Waals surface area contributed by atoms with E-state index in [1.807, 2.05) is 50.2 Å². The van der Waals surface area contributed by atoms with E-state index < -0.39 is 5.37 Å². The van der Waals surface area contributed by atoms with Crippen molar-refractivity contribution in [1.29, 1.82) is 0 Å². The Hall–Kier alpha value is -3.00. The van der Waals surface area contributed by atoms with Crippen molar-refractivity contribution in [3.8, 4) is 11.5 Å². The molecule has 30 heavy (non-hydrogen) atoms. The molecule has 1 unspecified atom stereocenters. The Morgan fingerprint density at radius 3 is 2.43 bits per heavy atom. The molecule has 0 saturated heterocycles. The monoisotopic (exact) mass is 427 g/mol. The van der Waals surface area contributed by atoms with Gasteiger partial charge in [-0.15, -0.1) is 5.10 Å². The van der Waals surface area contributed by atoms with E-state index in [0.29, 0.717) is 24.1 Å². The number of amides is 2. The highest BCUT2D eigenvalue weighted by Gasteiger charge is 2.34. The van der Waals surface area contributed by atoms with Crippen LogP contribution in [0.2, 0.25) is 0 Å². The van der Waals surface area contributed by atoms with E-state index in [0.717, 1.165) is 16.9 Å². The van der Waals surface area contributed by atoms with Gasteiger partial charge in [-0.3, -0.25) is 9.59 Å². The molecular weight excluding hydrogens is 402 g/mol. The van der Waals surface area contributed by atoms with Crippen molar-refractivity contribution < 1.29 is 19.1 Å². The Morgan fingerprint density at radius 2 is 1.77 bits per heavy atom. The standard InChI is InChI=1S/C22H25N3O4S/c1-14-9-10-19(15(2)13-14)28-11-12-29-20-8-6-5-7-18(20)21-25(17(4)27)24-22(30-21)23-16(3)26/h5-10,13,21H,11-12H2,1-4H3,(H,23,24,26). The number of ether oxygens (including phenoxy) is 2. The lowest BCUT2D eigenvalue weighted by atomic mass is 10.1. The lowest BCUT2D eigenvalue weighted by Crippen LogP contribution is -2.25. The molecule has 2 aromatic carbocycles. The van der Waals surface area contributed by atoms with Gasteiger partial charge in [0.25, 0.3) is 0 Å². The number of hydrogen-bond donors (Lipinski definition) is 1. The van der Waals surface area contributed by atoms with E-state index in [9.17, 15) is 9.59 Å². The Labute approximate surface area is 180 Å². The number of carbonyl (C=O) groups is 2. The molecule has 1 aliphatic rings. The summed E-state index contributed by atoms with van der Waals surface area (Å²) < 4.78 is 11.8. The highest BCUT2D eigenvalue weighted by molar-refractivity contribution is 8.14. The van der Waals surface area contributed by atoms with Crippen LogP contribution in [-0.4, -0.2) is 35.2 Å². The van der Waals surface area contributed by atoms with Crippen LogP contribution in [0.3, 0.4) is 0 Å². The van der Waals surface area contributed by atoms with Gasteiger partial charge in [-0.25, -0.2) is 5.01 Å². The average Bonchev–Trinajstić information content (AvgIpc) is 3.10. The van der Waals surface area contributed by atoms with Gasteiger partial charge in [0.05, 0.1) is 0 Å². The van der Waals surface area contributed by atoms with Gasteiger partial charge in [0.15, 0.2) is 5.17 Å². The van der Waals surface area contributed by atoms with Gasteiger partial charge >= 0.3 is 0 Å². The van der Waals surface area contributed by atoms with E-state index in [1.54, 1.807) is 0 Å². The maximum Gasteiger partial charge on any atom is 0.241 e. The second-order valence-electron chi connectivity index (χ2n) is 6.92. The van der Waals surface area contributed by atoms with Crippen LogP contribution in [0.25, 0.3) is 0 Å². The topological polar surface area (TPSA) is 80.2 Å². The van der Waals surface area contributed by atoms with Crippen LogP contribution in [0.5, 0.6) is 11.5 Å². The normalized spacial score (nSPS) is 15.5. The van der Waals surface area contributed by atoms with Crippen LogP contribution in [0.1, 0.15) is 35.9 Å². The summed E-state index contributed by atoms with van der Waals surface area (Å²) in [6.45, 7) is 7.64. The maximum absolute atomic E-state index is 12.1. The van der Waals surface area contributed by atoms with Gasteiger partial charge in [-0.05, 0) is 31.5 Å². The molecule has 3 rings (SSSR count). The average molecular weight is 428 g/mol. The first-order valence-electron chi connectivity index (χ1n) is 9.59. The van der Waals surface area contributed by atoms with Crippen LogP contribution in [0.15, 0.2) is 47.6 Å². The van der Waals surface area contributed by atoms with Gasteiger partial charge in [-0.1, -0.05) is 47.7 Å². The zero-order valence-corrected chi connectivity index (χ0v) is 18.3. The summed E-state index contributed by atoms with van der Waals surface area (Å²) in [6.07, 6.45) is 0. The fourth-order valence-corrected chi connectivity index (χ4v) is 4.21. The smallest absolute Gasteiger partial charge is 0.241 e. The van der Waals surface area contributed by atoms with Gasteiger partial charge in [0, 0.05) is 19.4 Å². The van der Waals surface area contributed by atoms with Gasteiger partial charge < -0.3 is 14.8 Å². The van der Waals surface area contributed by atoms with Crippen molar-refractivity contribution in [1.82, 2.24) is 10.3 Å². The van der Waals surface area contributed by atoms with E-state index >= 15 is 0 Å². The number of carbonyl (C=O) groups excluding carboxylic acids is 2. The number of nitrogens with zero attached hydrogens (tertiary/aromatic N) is 2. The van der Waals surface area contributed by atoms with Crippen LogP contribution in [0, 0.1) is 13.8 Å². The molecular formula is C22H25N3O4S. The van der Waals surface area contributed by atoms with Crippen molar-refractivity contribution >= 4 is 28.7 Å². The quantitative estimate of drug-likeness (QED) is 0.710.